The molecule has 0 unspecified atom stereocenters. The van der Waals surface area contributed by atoms with Crippen LogP contribution in [0.2, 0.25) is 18.6 Å². The highest BCUT2D eigenvalue weighted by Gasteiger charge is 2.66. The summed E-state index contributed by atoms with van der Waals surface area (Å²) < 4.78 is 6.51. The Balaban J connectivity index is 1.58. The van der Waals surface area contributed by atoms with Crippen molar-refractivity contribution in [3.05, 3.63) is 63.7 Å². The van der Waals surface area contributed by atoms with Gasteiger partial charge in [-0.25, -0.2) is 0 Å². The molecule has 202 valence electrons. The first-order chi connectivity index (χ1) is 18.0. The van der Waals surface area contributed by atoms with Gasteiger partial charge >= 0.3 is 0 Å². The summed E-state index contributed by atoms with van der Waals surface area (Å²) in [6.07, 6.45) is 0.997. The molecule has 2 N–H and O–H groups in total. The average molecular weight is 540 g/mol. The number of aliphatic hydroxyl groups is 1. The number of nitro benzene ring substituents is 1. The molecule has 0 bridgehead atoms. The Labute approximate surface area is 222 Å². The van der Waals surface area contributed by atoms with E-state index < -0.39 is 30.9 Å². The summed E-state index contributed by atoms with van der Waals surface area (Å²) in [5, 5.41) is 21.4. The molecule has 38 heavy (non-hydrogen) atoms. The van der Waals surface area contributed by atoms with Crippen LogP contribution in [0.25, 0.3) is 0 Å². The highest BCUT2D eigenvalue weighted by molar-refractivity contribution is 6.71. The van der Waals surface area contributed by atoms with E-state index in [9.17, 15) is 29.6 Å². The Bertz CT molecular complexity index is 1300. The largest absolute Gasteiger partial charge is 0.432 e. The fourth-order valence-electron chi connectivity index (χ4n) is 6.66. The minimum absolute atomic E-state index is 0.0703. The third kappa shape index (κ3) is 4.14. The summed E-state index contributed by atoms with van der Waals surface area (Å²) in [5.74, 6) is -0.745. The van der Waals surface area contributed by atoms with Gasteiger partial charge in [-0.1, -0.05) is 19.1 Å². The molecule has 4 atom stereocenters. The van der Waals surface area contributed by atoms with Crippen molar-refractivity contribution in [2.24, 2.45) is 5.92 Å². The first-order valence-corrected chi connectivity index (χ1v) is 16.0. The van der Waals surface area contributed by atoms with Crippen molar-refractivity contribution in [3.8, 4) is 0 Å². The van der Waals surface area contributed by atoms with Gasteiger partial charge in [0.25, 0.3) is 11.6 Å². The molecule has 2 aromatic carbocycles. The number of non-ortho nitro benzene ring substituents is 1. The van der Waals surface area contributed by atoms with Gasteiger partial charge in [0.2, 0.25) is 5.91 Å². The highest BCUT2D eigenvalue weighted by Crippen LogP contribution is 2.60. The molecule has 2 saturated heterocycles. The zero-order valence-electron chi connectivity index (χ0n) is 21.8. The van der Waals surface area contributed by atoms with E-state index in [-0.39, 0.29) is 42.6 Å². The number of hydrogen-bond donors (Lipinski definition) is 2. The SMILES string of the molecule is C[C@@H]1[C@@H]([Si](C)(C)O)[C@H](CCO)O[C@@]12C(=O)N(Cc1cccc(N3CCCC3=O)c1)c1ccc([N+](=O)[O-])cc12. The van der Waals surface area contributed by atoms with E-state index in [1.54, 1.807) is 29.0 Å². The van der Waals surface area contributed by atoms with Crippen molar-refractivity contribution in [1.82, 2.24) is 0 Å². The molecule has 5 rings (SSSR count). The van der Waals surface area contributed by atoms with Gasteiger partial charge in [0, 0.05) is 54.4 Å². The normalized spacial score (nSPS) is 27.0. The van der Waals surface area contributed by atoms with E-state index in [0.29, 0.717) is 24.2 Å². The lowest BCUT2D eigenvalue weighted by atomic mass is 9.82. The predicted octanol–water partition coefficient (Wildman–Crippen LogP) is 3.45. The molecule has 10 nitrogen and oxygen atoms in total. The fraction of sp³-hybridized carbons (Fsp3) is 0.481. The summed E-state index contributed by atoms with van der Waals surface area (Å²) in [5.41, 5.74) is 0.497. The van der Waals surface area contributed by atoms with E-state index in [1.807, 2.05) is 31.2 Å². The first-order valence-electron chi connectivity index (χ1n) is 13.0. The molecule has 0 radical (unpaired) electrons. The van der Waals surface area contributed by atoms with Crippen molar-refractivity contribution in [1.29, 1.82) is 0 Å². The van der Waals surface area contributed by atoms with Gasteiger partial charge in [0.05, 0.1) is 23.3 Å². The maximum atomic E-state index is 14.3. The minimum atomic E-state index is -2.87. The lowest BCUT2D eigenvalue weighted by Crippen LogP contribution is -2.46. The number of fused-ring (bicyclic) bond motifs is 2. The highest BCUT2D eigenvalue weighted by atomic mass is 28.4. The Morgan fingerprint density at radius 3 is 2.61 bits per heavy atom. The second-order valence-electron chi connectivity index (χ2n) is 11.0. The van der Waals surface area contributed by atoms with Gasteiger partial charge in [-0.05, 0) is 49.7 Å². The summed E-state index contributed by atoms with van der Waals surface area (Å²) in [4.78, 5) is 52.3. The maximum Gasteiger partial charge on any atom is 0.269 e. The van der Waals surface area contributed by atoms with Crippen LogP contribution in [0.1, 0.15) is 37.3 Å². The standard InChI is InChI=1S/C27H33N3O7Si/c1-17-25(38(2,3)36)23(11-13-31)37-27(17)21-15-20(30(34)35)9-10-22(21)29(26(27)33)16-18-6-4-7-19(14-18)28-12-5-8-24(28)32/h4,6-7,9-10,14-15,17,23,25,31,36H,5,8,11-13,16H2,1-3H3/t17-,23+,25-,27+/m1/s1. The second-order valence-corrected chi connectivity index (χ2v) is 15.0. The zero-order valence-corrected chi connectivity index (χ0v) is 22.8. The van der Waals surface area contributed by atoms with Gasteiger partial charge in [-0.2, -0.15) is 0 Å². The van der Waals surface area contributed by atoms with E-state index in [1.165, 1.54) is 12.1 Å². The number of carbonyl (C=O) groups is 2. The Morgan fingerprint density at radius 1 is 1.21 bits per heavy atom. The Hall–Kier alpha value is -3.12. The van der Waals surface area contributed by atoms with Gasteiger partial charge in [0.1, 0.15) is 0 Å². The molecule has 3 aliphatic rings. The first kappa shape index (κ1) is 26.5. The monoisotopic (exact) mass is 539 g/mol. The van der Waals surface area contributed by atoms with E-state index in [4.69, 9.17) is 4.74 Å². The summed E-state index contributed by atoms with van der Waals surface area (Å²) in [7, 11) is -2.87. The van der Waals surface area contributed by atoms with Crippen LogP contribution in [-0.4, -0.2) is 54.2 Å². The van der Waals surface area contributed by atoms with Gasteiger partial charge < -0.3 is 24.4 Å². The number of hydrogen-bond acceptors (Lipinski definition) is 7. The number of aliphatic hydroxyl groups excluding tert-OH is 1. The predicted molar refractivity (Wildman–Crippen MR) is 143 cm³/mol. The van der Waals surface area contributed by atoms with Crippen LogP contribution < -0.4 is 9.80 Å². The summed E-state index contributed by atoms with van der Waals surface area (Å²) in [6, 6.07) is 11.9. The molecule has 0 saturated carbocycles. The van der Waals surface area contributed by atoms with Crippen LogP contribution in [0.5, 0.6) is 0 Å². The Kier molecular flexibility index (Phi) is 6.67. The smallest absolute Gasteiger partial charge is 0.269 e. The molecular weight excluding hydrogens is 506 g/mol. The molecule has 0 aromatic heterocycles. The topological polar surface area (TPSA) is 133 Å². The molecule has 11 heteroatoms. The molecule has 2 fully saturated rings. The van der Waals surface area contributed by atoms with Crippen LogP contribution in [0, 0.1) is 16.0 Å². The number of amides is 2. The second kappa shape index (κ2) is 9.56. The molecule has 2 amide bonds. The lowest BCUT2D eigenvalue weighted by molar-refractivity contribution is -0.385. The molecule has 1 spiro atoms. The van der Waals surface area contributed by atoms with Crippen molar-refractivity contribution < 1.29 is 29.2 Å². The van der Waals surface area contributed by atoms with Crippen molar-refractivity contribution >= 4 is 37.2 Å². The lowest BCUT2D eigenvalue weighted by Gasteiger charge is -2.32. The number of anilines is 2. The maximum absolute atomic E-state index is 14.3. The number of nitro groups is 1. The van der Waals surface area contributed by atoms with Crippen molar-refractivity contribution in [2.75, 3.05) is 23.0 Å². The van der Waals surface area contributed by atoms with Crippen LogP contribution >= 0.6 is 0 Å². The number of rotatable bonds is 7. The van der Waals surface area contributed by atoms with Crippen LogP contribution in [0.4, 0.5) is 17.1 Å². The number of carbonyl (C=O) groups excluding carboxylic acids is 2. The van der Waals surface area contributed by atoms with E-state index in [0.717, 1.165) is 17.7 Å². The van der Waals surface area contributed by atoms with Crippen LogP contribution in [-0.2, 0) is 26.5 Å². The third-order valence-electron chi connectivity index (χ3n) is 8.23. The average Bonchev–Trinajstić information content (AvgIpc) is 3.49. The molecule has 3 heterocycles. The number of nitrogens with zero attached hydrogens (tertiary/aromatic N) is 3. The van der Waals surface area contributed by atoms with Crippen molar-refractivity contribution in [3.63, 3.8) is 0 Å². The van der Waals surface area contributed by atoms with Crippen LogP contribution in [0.3, 0.4) is 0 Å². The fourth-order valence-corrected chi connectivity index (χ4v) is 9.26. The summed E-state index contributed by atoms with van der Waals surface area (Å²) in [6.45, 7) is 6.11. The zero-order chi connectivity index (χ0) is 27.4. The quantitative estimate of drug-likeness (QED) is 0.313. The number of ether oxygens (including phenoxy) is 1. The van der Waals surface area contributed by atoms with Crippen LogP contribution in [0.15, 0.2) is 42.5 Å². The Morgan fingerprint density at radius 2 is 1.97 bits per heavy atom. The molecule has 2 aromatic rings. The molecule has 0 aliphatic carbocycles. The number of benzene rings is 2. The summed E-state index contributed by atoms with van der Waals surface area (Å²) >= 11 is 0. The van der Waals surface area contributed by atoms with Gasteiger partial charge in [0.15, 0.2) is 13.9 Å². The van der Waals surface area contributed by atoms with Gasteiger partial charge in [-0.15, -0.1) is 0 Å². The molecule has 3 aliphatic heterocycles. The molecular formula is C27H33N3O7Si. The minimum Gasteiger partial charge on any atom is -0.432 e. The van der Waals surface area contributed by atoms with Gasteiger partial charge in [-0.3, -0.25) is 19.7 Å². The van der Waals surface area contributed by atoms with Crippen molar-refractivity contribution in [2.45, 2.75) is 63.1 Å². The third-order valence-corrected chi connectivity index (χ3v) is 10.7. The van der Waals surface area contributed by atoms with E-state index >= 15 is 0 Å². The van der Waals surface area contributed by atoms with E-state index in [2.05, 4.69) is 0 Å².